The van der Waals surface area contributed by atoms with Gasteiger partial charge in [-0.25, -0.2) is 4.98 Å². The number of nitrogen functional groups attached to an aromatic ring is 1. The molecule has 4 heteroatoms. The van der Waals surface area contributed by atoms with E-state index >= 15 is 0 Å². The number of rotatable bonds is 3. The summed E-state index contributed by atoms with van der Waals surface area (Å²) in [6.07, 6.45) is 1.70. The summed E-state index contributed by atoms with van der Waals surface area (Å²) >= 11 is 5.80. The molecule has 0 atom stereocenters. The Hall–Kier alpha value is -1.74. The molecule has 82 valence electrons. The van der Waals surface area contributed by atoms with E-state index in [4.69, 9.17) is 17.3 Å². The van der Waals surface area contributed by atoms with Crippen LogP contribution in [0, 0.1) is 0 Å². The summed E-state index contributed by atoms with van der Waals surface area (Å²) in [4.78, 5) is 3.94. The van der Waals surface area contributed by atoms with Crippen molar-refractivity contribution in [1.82, 2.24) is 4.98 Å². The fourth-order valence-electron chi connectivity index (χ4n) is 1.38. The maximum absolute atomic E-state index is 5.80. The first-order valence-electron chi connectivity index (χ1n) is 4.94. The molecule has 0 bridgehead atoms. The normalized spacial score (nSPS) is 10.1. The third kappa shape index (κ3) is 2.87. The van der Waals surface area contributed by atoms with E-state index in [-0.39, 0.29) is 0 Å². The predicted molar refractivity (Wildman–Crippen MR) is 67.4 cm³/mol. The summed E-state index contributed by atoms with van der Waals surface area (Å²) in [7, 11) is 0. The number of nitrogens with zero attached hydrogens (tertiary/aromatic N) is 1. The molecule has 0 amide bonds. The summed E-state index contributed by atoms with van der Waals surface area (Å²) in [6, 6.07) is 11.4. The lowest BCUT2D eigenvalue weighted by Crippen LogP contribution is -2.00. The molecule has 2 aromatic rings. The van der Waals surface area contributed by atoms with Crippen molar-refractivity contribution < 1.29 is 0 Å². The van der Waals surface area contributed by atoms with Crippen LogP contribution in [0.25, 0.3) is 0 Å². The molecule has 1 heterocycles. The molecule has 0 unspecified atom stereocenters. The van der Waals surface area contributed by atoms with Crippen molar-refractivity contribution in [2.45, 2.75) is 6.54 Å². The molecule has 0 spiro atoms. The number of nitrogens with one attached hydrogen (secondary N) is 1. The molecule has 3 N–H and O–H groups in total. The van der Waals surface area contributed by atoms with Crippen LogP contribution in [0.4, 0.5) is 11.5 Å². The minimum absolute atomic E-state index is 0.537. The van der Waals surface area contributed by atoms with Crippen LogP contribution in [-0.4, -0.2) is 4.98 Å². The number of hydrogen-bond acceptors (Lipinski definition) is 3. The number of pyridine rings is 1. The zero-order valence-electron chi connectivity index (χ0n) is 8.65. The van der Waals surface area contributed by atoms with Gasteiger partial charge in [-0.1, -0.05) is 11.6 Å². The molecule has 0 radical (unpaired) electrons. The number of benzene rings is 1. The molecule has 0 saturated heterocycles. The quantitative estimate of drug-likeness (QED) is 0.857. The molecule has 1 aromatic heterocycles. The highest BCUT2D eigenvalue weighted by atomic mass is 35.5. The molecule has 0 aliphatic heterocycles. The van der Waals surface area contributed by atoms with E-state index in [1.807, 2.05) is 36.4 Å². The van der Waals surface area contributed by atoms with E-state index in [0.717, 1.165) is 16.3 Å². The molecule has 2 rings (SSSR count). The van der Waals surface area contributed by atoms with Crippen LogP contribution >= 0.6 is 11.6 Å². The zero-order valence-corrected chi connectivity index (χ0v) is 9.41. The second kappa shape index (κ2) is 4.86. The highest BCUT2D eigenvalue weighted by Gasteiger charge is 1.95. The molecule has 3 nitrogen and oxygen atoms in total. The molecule has 0 fully saturated rings. The Balaban J connectivity index is 1.99. The Kier molecular flexibility index (Phi) is 3.27. The zero-order chi connectivity index (χ0) is 11.4. The van der Waals surface area contributed by atoms with Crippen LogP contribution < -0.4 is 11.1 Å². The van der Waals surface area contributed by atoms with Gasteiger partial charge in [-0.15, -0.1) is 0 Å². The molecule has 1 aromatic carbocycles. The largest absolute Gasteiger partial charge is 0.384 e. The summed E-state index contributed by atoms with van der Waals surface area (Å²) in [5.74, 6) is 0.537. The van der Waals surface area contributed by atoms with Crippen molar-refractivity contribution in [3.05, 3.63) is 53.2 Å². The van der Waals surface area contributed by atoms with Gasteiger partial charge in [0.25, 0.3) is 0 Å². The van der Waals surface area contributed by atoms with Gasteiger partial charge in [0.05, 0.1) is 0 Å². The van der Waals surface area contributed by atoms with Crippen LogP contribution in [0.3, 0.4) is 0 Å². The summed E-state index contributed by atoms with van der Waals surface area (Å²) in [5.41, 5.74) is 7.72. The third-order valence-corrected chi connectivity index (χ3v) is 2.44. The molecule has 0 saturated carbocycles. The molecule has 0 aliphatic carbocycles. The average molecular weight is 234 g/mol. The smallest absolute Gasteiger partial charge is 0.123 e. The van der Waals surface area contributed by atoms with E-state index in [0.29, 0.717) is 12.4 Å². The van der Waals surface area contributed by atoms with E-state index in [9.17, 15) is 0 Å². The monoisotopic (exact) mass is 233 g/mol. The van der Waals surface area contributed by atoms with Crippen LogP contribution in [0.15, 0.2) is 42.6 Å². The van der Waals surface area contributed by atoms with Crippen LogP contribution in [-0.2, 0) is 6.54 Å². The van der Waals surface area contributed by atoms with Crippen molar-refractivity contribution in [2.24, 2.45) is 0 Å². The highest BCUT2D eigenvalue weighted by molar-refractivity contribution is 6.30. The van der Waals surface area contributed by atoms with E-state index in [1.165, 1.54) is 0 Å². The second-order valence-corrected chi connectivity index (χ2v) is 3.89. The minimum atomic E-state index is 0.537. The number of aromatic nitrogens is 1. The van der Waals surface area contributed by atoms with Crippen LogP contribution in [0.5, 0.6) is 0 Å². The average Bonchev–Trinajstić information content (AvgIpc) is 2.28. The highest BCUT2D eigenvalue weighted by Crippen LogP contribution is 2.14. The van der Waals surface area contributed by atoms with E-state index < -0.39 is 0 Å². The maximum Gasteiger partial charge on any atom is 0.123 e. The first-order chi connectivity index (χ1) is 7.74. The van der Waals surface area contributed by atoms with Gasteiger partial charge < -0.3 is 11.1 Å². The molecule has 0 aliphatic rings. The van der Waals surface area contributed by atoms with Gasteiger partial charge in [0.15, 0.2) is 0 Å². The van der Waals surface area contributed by atoms with Crippen molar-refractivity contribution in [3.63, 3.8) is 0 Å². The molecular weight excluding hydrogens is 222 g/mol. The Morgan fingerprint density at radius 1 is 1.19 bits per heavy atom. The van der Waals surface area contributed by atoms with Crippen molar-refractivity contribution in [2.75, 3.05) is 11.1 Å². The SMILES string of the molecule is Nc1cc(CNc2ccc(Cl)cc2)ccn1. The summed E-state index contributed by atoms with van der Waals surface area (Å²) < 4.78 is 0. The van der Waals surface area contributed by atoms with Gasteiger partial charge in [-0.2, -0.15) is 0 Å². The van der Waals surface area contributed by atoms with Crippen molar-refractivity contribution in [3.8, 4) is 0 Å². The van der Waals surface area contributed by atoms with Crippen molar-refractivity contribution in [1.29, 1.82) is 0 Å². The Labute approximate surface area is 99.3 Å². The second-order valence-electron chi connectivity index (χ2n) is 3.45. The van der Waals surface area contributed by atoms with E-state index in [2.05, 4.69) is 10.3 Å². The Morgan fingerprint density at radius 2 is 1.94 bits per heavy atom. The first-order valence-corrected chi connectivity index (χ1v) is 5.32. The number of halogens is 1. The Morgan fingerprint density at radius 3 is 2.62 bits per heavy atom. The first kappa shape index (κ1) is 10.8. The lowest BCUT2D eigenvalue weighted by atomic mass is 10.2. The van der Waals surface area contributed by atoms with Crippen molar-refractivity contribution >= 4 is 23.1 Å². The van der Waals surface area contributed by atoms with Gasteiger partial charge in [0.1, 0.15) is 5.82 Å². The number of hydrogen-bond donors (Lipinski definition) is 2. The standard InChI is InChI=1S/C12H12ClN3/c13-10-1-3-11(4-2-10)16-8-9-5-6-15-12(14)7-9/h1-7,16H,8H2,(H2,14,15). The minimum Gasteiger partial charge on any atom is -0.384 e. The number of anilines is 2. The number of nitrogens with two attached hydrogens (primary N) is 1. The topological polar surface area (TPSA) is 50.9 Å². The van der Waals surface area contributed by atoms with Crippen LogP contribution in [0.1, 0.15) is 5.56 Å². The van der Waals surface area contributed by atoms with Gasteiger partial charge in [-0.3, -0.25) is 0 Å². The third-order valence-electron chi connectivity index (χ3n) is 2.19. The van der Waals surface area contributed by atoms with E-state index in [1.54, 1.807) is 6.20 Å². The molecule has 16 heavy (non-hydrogen) atoms. The van der Waals surface area contributed by atoms with Crippen LogP contribution in [0.2, 0.25) is 5.02 Å². The lowest BCUT2D eigenvalue weighted by molar-refractivity contribution is 1.13. The summed E-state index contributed by atoms with van der Waals surface area (Å²) in [5, 5.41) is 4.01. The maximum atomic E-state index is 5.80. The predicted octanol–water partition coefficient (Wildman–Crippen LogP) is 2.93. The van der Waals surface area contributed by atoms with Gasteiger partial charge in [-0.05, 0) is 42.0 Å². The lowest BCUT2D eigenvalue weighted by Gasteiger charge is -2.06. The van der Waals surface area contributed by atoms with Gasteiger partial charge in [0, 0.05) is 23.5 Å². The fraction of sp³-hybridized carbons (Fsp3) is 0.0833. The fourth-order valence-corrected chi connectivity index (χ4v) is 1.50. The Bertz CT molecular complexity index is 468. The summed E-state index contributed by atoms with van der Waals surface area (Å²) in [6.45, 7) is 0.717. The van der Waals surface area contributed by atoms with Gasteiger partial charge in [0.2, 0.25) is 0 Å². The molecular formula is C12H12ClN3. The van der Waals surface area contributed by atoms with Gasteiger partial charge >= 0.3 is 0 Å².